The zero-order valence-corrected chi connectivity index (χ0v) is 8.88. The van der Waals surface area contributed by atoms with Crippen LogP contribution < -0.4 is 11.3 Å². The van der Waals surface area contributed by atoms with Gasteiger partial charge in [0.05, 0.1) is 11.9 Å². The number of rotatable bonds is 5. The molecule has 15 heavy (non-hydrogen) atoms. The predicted molar refractivity (Wildman–Crippen MR) is 51.2 cm³/mol. The molecule has 3 N–H and O–H groups in total. The Labute approximate surface area is 90.5 Å². The molecular formula is C7H12ClF2N5. The van der Waals surface area contributed by atoms with Crippen molar-refractivity contribution in [3.8, 4) is 0 Å². The first-order valence-electron chi connectivity index (χ1n) is 4.42. The molecule has 0 saturated heterocycles. The molecule has 0 amide bonds. The minimum atomic E-state index is -3.48. The van der Waals surface area contributed by atoms with Gasteiger partial charge < -0.3 is 0 Å². The first-order chi connectivity index (χ1) is 7.00. The molecule has 0 aliphatic rings. The Morgan fingerprint density at radius 3 is 2.87 bits per heavy atom. The summed E-state index contributed by atoms with van der Waals surface area (Å²) in [5, 5.41) is 3.73. The van der Waals surface area contributed by atoms with Crippen molar-refractivity contribution in [2.24, 2.45) is 5.84 Å². The van der Waals surface area contributed by atoms with E-state index < -0.39 is 11.4 Å². The third kappa shape index (κ3) is 2.83. The molecule has 0 aliphatic carbocycles. The summed E-state index contributed by atoms with van der Waals surface area (Å²) in [6, 6.07) is -1.50. The molecule has 0 spiro atoms. The van der Waals surface area contributed by atoms with Crippen LogP contribution in [0.2, 0.25) is 0 Å². The standard InChI is InChI=1S/C7H12ClF2N5/c1-2-3-15-5(4-12-14-15)6(13-11)7(8,9)10/h4,6,13H,2-3,11H2,1H3. The van der Waals surface area contributed by atoms with Crippen molar-refractivity contribution >= 4 is 11.6 Å². The number of halogens is 3. The van der Waals surface area contributed by atoms with E-state index >= 15 is 0 Å². The summed E-state index contributed by atoms with van der Waals surface area (Å²) in [5.41, 5.74) is 2.13. The molecule has 1 unspecified atom stereocenters. The molecule has 1 aromatic rings. The maximum absolute atomic E-state index is 12.9. The molecule has 8 heteroatoms. The first-order valence-corrected chi connectivity index (χ1v) is 4.79. The molecule has 0 fully saturated rings. The van der Waals surface area contributed by atoms with Gasteiger partial charge >= 0.3 is 5.38 Å². The van der Waals surface area contributed by atoms with Crippen LogP contribution in [0, 0.1) is 0 Å². The van der Waals surface area contributed by atoms with Gasteiger partial charge in [0.25, 0.3) is 0 Å². The van der Waals surface area contributed by atoms with Crippen LogP contribution in [0.15, 0.2) is 6.20 Å². The zero-order chi connectivity index (χ0) is 11.5. The molecule has 1 atom stereocenters. The minimum absolute atomic E-state index is 0.166. The zero-order valence-electron chi connectivity index (χ0n) is 8.12. The third-order valence-electron chi connectivity index (χ3n) is 1.87. The van der Waals surface area contributed by atoms with Gasteiger partial charge in [0.2, 0.25) is 0 Å². The average Bonchev–Trinajstić information content (AvgIpc) is 2.53. The van der Waals surface area contributed by atoms with E-state index in [0.29, 0.717) is 6.54 Å². The maximum atomic E-state index is 12.9. The van der Waals surface area contributed by atoms with Gasteiger partial charge in [0.15, 0.2) is 0 Å². The molecule has 1 rings (SSSR count). The second-order valence-electron chi connectivity index (χ2n) is 3.02. The number of nitrogens with two attached hydrogens (primary N) is 1. The molecule has 0 aromatic carbocycles. The Morgan fingerprint density at radius 2 is 2.40 bits per heavy atom. The van der Waals surface area contributed by atoms with Gasteiger partial charge in [0, 0.05) is 6.54 Å². The SMILES string of the molecule is CCCn1nncc1C(NN)C(F)(F)Cl. The van der Waals surface area contributed by atoms with Gasteiger partial charge in [-0.15, -0.1) is 5.10 Å². The molecule has 0 radical (unpaired) electrons. The first kappa shape index (κ1) is 12.3. The van der Waals surface area contributed by atoms with Gasteiger partial charge in [-0.1, -0.05) is 12.1 Å². The molecule has 0 saturated carbocycles. The highest BCUT2D eigenvalue weighted by Gasteiger charge is 2.40. The lowest BCUT2D eigenvalue weighted by Crippen LogP contribution is -2.39. The van der Waals surface area contributed by atoms with Crippen molar-refractivity contribution in [1.82, 2.24) is 20.4 Å². The number of nitrogens with one attached hydrogen (secondary N) is 1. The summed E-state index contributed by atoms with van der Waals surface area (Å²) in [6.45, 7) is 2.38. The smallest absolute Gasteiger partial charge is 0.271 e. The summed E-state index contributed by atoms with van der Waals surface area (Å²) in [4.78, 5) is 0. The highest BCUT2D eigenvalue weighted by Crippen LogP contribution is 2.33. The predicted octanol–water partition coefficient (Wildman–Crippen LogP) is 1.02. The highest BCUT2D eigenvalue weighted by atomic mass is 35.5. The quantitative estimate of drug-likeness (QED) is 0.457. The van der Waals surface area contributed by atoms with Crippen molar-refractivity contribution in [3.05, 3.63) is 11.9 Å². The van der Waals surface area contributed by atoms with Gasteiger partial charge in [-0.05, 0) is 18.0 Å². The summed E-state index contributed by atoms with van der Waals surface area (Å²) in [5.74, 6) is 5.03. The van der Waals surface area contributed by atoms with Crippen LogP contribution in [0.4, 0.5) is 8.78 Å². The van der Waals surface area contributed by atoms with Gasteiger partial charge in [-0.25, -0.2) is 10.1 Å². The normalized spacial score (nSPS) is 14.2. The van der Waals surface area contributed by atoms with Crippen LogP contribution in [-0.2, 0) is 6.54 Å². The Morgan fingerprint density at radius 1 is 1.73 bits per heavy atom. The molecule has 1 heterocycles. The van der Waals surface area contributed by atoms with E-state index in [9.17, 15) is 8.78 Å². The van der Waals surface area contributed by atoms with Crippen molar-refractivity contribution in [1.29, 1.82) is 0 Å². The second-order valence-corrected chi connectivity index (χ2v) is 3.53. The molecule has 0 bridgehead atoms. The topological polar surface area (TPSA) is 68.8 Å². The van der Waals surface area contributed by atoms with Crippen molar-refractivity contribution < 1.29 is 8.78 Å². The Hall–Kier alpha value is -0.790. The lowest BCUT2D eigenvalue weighted by atomic mass is 10.2. The fraction of sp³-hybridized carbons (Fsp3) is 0.714. The molecule has 1 aromatic heterocycles. The summed E-state index contributed by atoms with van der Waals surface area (Å²) >= 11 is 4.92. The largest absolute Gasteiger partial charge is 0.343 e. The fourth-order valence-electron chi connectivity index (χ4n) is 1.22. The van der Waals surface area contributed by atoms with Crippen LogP contribution in [-0.4, -0.2) is 20.4 Å². The van der Waals surface area contributed by atoms with Crippen molar-refractivity contribution in [2.75, 3.05) is 0 Å². The average molecular weight is 240 g/mol. The number of hydrogen-bond acceptors (Lipinski definition) is 4. The Bertz CT molecular complexity index is 311. The fourth-order valence-corrected chi connectivity index (χ4v) is 1.40. The lowest BCUT2D eigenvalue weighted by molar-refractivity contribution is 0.0461. The number of aryl methyl sites for hydroxylation is 1. The summed E-state index contributed by atoms with van der Waals surface area (Å²) in [6.07, 6.45) is 1.97. The third-order valence-corrected chi connectivity index (χ3v) is 2.09. The van der Waals surface area contributed by atoms with E-state index in [4.69, 9.17) is 17.4 Å². The number of nitrogens with zero attached hydrogens (tertiary/aromatic N) is 3. The van der Waals surface area contributed by atoms with Gasteiger partial charge in [-0.3, -0.25) is 5.84 Å². The van der Waals surface area contributed by atoms with Crippen LogP contribution >= 0.6 is 11.6 Å². The molecule has 5 nitrogen and oxygen atoms in total. The number of hydrazine groups is 1. The van der Waals surface area contributed by atoms with E-state index in [1.165, 1.54) is 10.9 Å². The van der Waals surface area contributed by atoms with E-state index in [1.807, 2.05) is 12.3 Å². The number of aromatic nitrogens is 3. The molecule has 86 valence electrons. The monoisotopic (exact) mass is 239 g/mol. The van der Waals surface area contributed by atoms with E-state index in [-0.39, 0.29) is 5.69 Å². The van der Waals surface area contributed by atoms with E-state index in [2.05, 4.69) is 10.3 Å². The van der Waals surface area contributed by atoms with Crippen molar-refractivity contribution in [3.63, 3.8) is 0 Å². The summed E-state index contributed by atoms with van der Waals surface area (Å²) in [7, 11) is 0. The van der Waals surface area contributed by atoms with Gasteiger partial charge in [-0.2, -0.15) is 8.78 Å². The van der Waals surface area contributed by atoms with E-state index in [0.717, 1.165) is 6.42 Å². The van der Waals surface area contributed by atoms with Crippen LogP contribution in [0.25, 0.3) is 0 Å². The van der Waals surface area contributed by atoms with E-state index in [1.54, 1.807) is 0 Å². The number of hydrogen-bond donors (Lipinski definition) is 2. The van der Waals surface area contributed by atoms with Crippen molar-refractivity contribution in [2.45, 2.75) is 31.3 Å². The van der Waals surface area contributed by atoms with Crippen LogP contribution in [0.3, 0.4) is 0 Å². The molecule has 0 aliphatic heterocycles. The highest BCUT2D eigenvalue weighted by molar-refractivity contribution is 6.22. The Kier molecular flexibility index (Phi) is 3.95. The lowest BCUT2D eigenvalue weighted by Gasteiger charge is -2.20. The maximum Gasteiger partial charge on any atom is 0.343 e. The summed E-state index contributed by atoms with van der Waals surface area (Å²) < 4.78 is 27.2. The van der Waals surface area contributed by atoms with Crippen LogP contribution in [0.1, 0.15) is 25.1 Å². The Balaban J connectivity index is 2.96. The molecular weight excluding hydrogens is 228 g/mol. The second kappa shape index (κ2) is 4.82. The number of alkyl halides is 3. The minimum Gasteiger partial charge on any atom is -0.271 e. The van der Waals surface area contributed by atoms with Crippen LogP contribution in [0.5, 0.6) is 0 Å². The van der Waals surface area contributed by atoms with Gasteiger partial charge in [0.1, 0.15) is 6.04 Å².